The van der Waals surface area contributed by atoms with Crippen molar-refractivity contribution < 1.29 is 31.3 Å². The molecule has 0 aliphatic carbocycles. The topological polar surface area (TPSA) is 132 Å². The molecule has 1 rings (SSSR count). The summed E-state index contributed by atoms with van der Waals surface area (Å²) in [6.45, 7) is 7.20. The van der Waals surface area contributed by atoms with E-state index < -0.39 is 36.8 Å². The molecule has 1 aliphatic heterocycles. The van der Waals surface area contributed by atoms with Gasteiger partial charge in [0, 0.05) is 32.4 Å². The summed E-state index contributed by atoms with van der Waals surface area (Å²) < 4.78 is 43.7. The minimum atomic E-state index is -3.55. The lowest BCUT2D eigenvalue weighted by atomic mass is 10.2. The molecule has 1 atom stereocenters. The van der Waals surface area contributed by atoms with Gasteiger partial charge in [0.25, 0.3) is 5.91 Å². The third-order valence-corrected chi connectivity index (χ3v) is 8.18. The SMILES string of the molecule is CCO[Si](CCCNS(=O)(=O)CCC1NC(=O)NC1=O)(OCC)OCC. The summed E-state index contributed by atoms with van der Waals surface area (Å²) in [5, 5.41) is 4.44. The quantitative estimate of drug-likeness (QED) is 0.207. The molecule has 1 saturated heterocycles. The number of carbonyl (C=O) groups is 2. The van der Waals surface area contributed by atoms with Crippen LogP contribution < -0.4 is 15.4 Å². The molecule has 3 amide bonds. The van der Waals surface area contributed by atoms with Gasteiger partial charge in [-0.2, -0.15) is 0 Å². The predicted octanol–water partition coefficient (Wildman–Crippen LogP) is -0.0576. The smallest absolute Gasteiger partial charge is 0.374 e. The number of nitrogens with one attached hydrogen (secondary N) is 3. The van der Waals surface area contributed by atoms with Crippen molar-refractivity contribution in [2.45, 2.75) is 45.7 Å². The van der Waals surface area contributed by atoms with Gasteiger partial charge in [-0.1, -0.05) is 0 Å². The zero-order valence-electron chi connectivity index (χ0n) is 15.5. The Morgan fingerprint density at radius 3 is 2.12 bits per heavy atom. The van der Waals surface area contributed by atoms with Gasteiger partial charge in [0.1, 0.15) is 6.04 Å². The highest BCUT2D eigenvalue weighted by Gasteiger charge is 2.39. The molecule has 1 aliphatic rings. The van der Waals surface area contributed by atoms with Crippen LogP contribution in [0.15, 0.2) is 0 Å². The molecule has 12 heteroatoms. The van der Waals surface area contributed by atoms with Crippen LogP contribution in [0.5, 0.6) is 0 Å². The highest BCUT2D eigenvalue weighted by molar-refractivity contribution is 7.89. The maximum Gasteiger partial charge on any atom is 0.500 e. The van der Waals surface area contributed by atoms with Gasteiger partial charge in [0.15, 0.2) is 0 Å². The molecule has 0 aromatic carbocycles. The lowest BCUT2D eigenvalue weighted by Gasteiger charge is -2.28. The Hall–Kier alpha value is -1.05. The maximum atomic E-state index is 12.0. The average Bonchev–Trinajstić information content (AvgIpc) is 2.88. The van der Waals surface area contributed by atoms with Gasteiger partial charge in [-0.15, -0.1) is 0 Å². The maximum absolute atomic E-state index is 12.0. The Morgan fingerprint density at radius 2 is 1.65 bits per heavy atom. The van der Waals surface area contributed by atoms with Crippen molar-refractivity contribution in [1.82, 2.24) is 15.4 Å². The van der Waals surface area contributed by atoms with Crippen molar-refractivity contribution in [3.63, 3.8) is 0 Å². The van der Waals surface area contributed by atoms with E-state index in [2.05, 4.69) is 15.4 Å². The van der Waals surface area contributed by atoms with Crippen LogP contribution in [-0.4, -0.2) is 67.3 Å². The Labute approximate surface area is 155 Å². The normalized spacial score (nSPS) is 18.0. The molecule has 0 radical (unpaired) electrons. The summed E-state index contributed by atoms with van der Waals surface area (Å²) in [5.41, 5.74) is 0. The fraction of sp³-hybridized carbons (Fsp3) is 0.857. The lowest BCUT2D eigenvalue weighted by molar-refractivity contribution is -0.120. The molecular formula is C14H29N3O7SSi. The molecule has 0 aromatic rings. The van der Waals surface area contributed by atoms with Crippen LogP contribution in [0.25, 0.3) is 0 Å². The monoisotopic (exact) mass is 411 g/mol. The first-order valence-corrected chi connectivity index (χ1v) is 12.4. The van der Waals surface area contributed by atoms with E-state index in [0.29, 0.717) is 32.3 Å². The van der Waals surface area contributed by atoms with Gasteiger partial charge in [0.05, 0.1) is 5.75 Å². The van der Waals surface area contributed by atoms with Crippen molar-refractivity contribution in [2.24, 2.45) is 0 Å². The average molecular weight is 412 g/mol. The summed E-state index contributed by atoms with van der Waals surface area (Å²) in [6.07, 6.45) is 0.522. The van der Waals surface area contributed by atoms with E-state index in [1.807, 2.05) is 20.8 Å². The molecule has 1 heterocycles. The highest BCUT2D eigenvalue weighted by Crippen LogP contribution is 2.18. The van der Waals surface area contributed by atoms with E-state index in [-0.39, 0.29) is 18.7 Å². The molecule has 0 aromatic heterocycles. The Kier molecular flexibility index (Phi) is 9.67. The number of urea groups is 1. The van der Waals surface area contributed by atoms with Crippen molar-refractivity contribution in [3.8, 4) is 0 Å². The van der Waals surface area contributed by atoms with E-state index in [0.717, 1.165) is 0 Å². The zero-order valence-corrected chi connectivity index (χ0v) is 17.3. The number of sulfonamides is 1. The van der Waals surface area contributed by atoms with Crippen LogP contribution in [-0.2, 0) is 28.1 Å². The van der Waals surface area contributed by atoms with Crippen LogP contribution in [0.2, 0.25) is 6.04 Å². The van der Waals surface area contributed by atoms with Crippen LogP contribution in [0.4, 0.5) is 4.79 Å². The fourth-order valence-electron chi connectivity index (χ4n) is 2.54. The van der Waals surface area contributed by atoms with Crippen molar-refractivity contribution in [2.75, 3.05) is 32.1 Å². The molecule has 3 N–H and O–H groups in total. The van der Waals surface area contributed by atoms with Gasteiger partial charge in [0.2, 0.25) is 10.0 Å². The van der Waals surface area contributed by atoms with Crippen LogP contribution in [0.1, 0.15) is 33.6 Å². The van der Waals surface area contributed by atoms with E-state index in [9.17, 15) is 18.0 Å². The molecule has 0 bridgehead atoms. The number of rotatable bonds is 14. The number of imide groups is 1. The first-order valence-electron chi connectivity index (χ1n) is 8.78. The number of hydrogen-bond acceptors (Lipinski definition) is 7. The standard InChI is InChI=1S/C14H29N3O7SSi/c1-4-22-26(23-5-2,24-6-3)11-7-9-15-25(20,21)10-8-12-13(18)17-14(19)16-12/h12,15H,4-11H2,1-3H3,(H2,16,17,18,19). The molecule has 0 saturated carbocycles. The Bertz CT molecular complexity index is 556. The first-order chi connectivity index (χ1) is 12.3. The third-order valence-electron chi connectivity index (χ3n) is 3.61. The first kappa shape index (κ1) is 23.0. The lowest BCUT2D eigenvalue weighted by Crippen LogP contribution is -2.46. The Balaban J connectivity index is 2.41. The van der Waals surface area contributed by atoms with Crippen molar-refractivity contribution in [1.29, 1.82) is 0 Å². The number of amides is 3. The zero-order chi connectivity index (χ0) is 19.6. The van der Waals surface area contributed by atoms with Crippen LogP contribution in [0.3, 0.4) is 0 Å². The van der Waals surface area contributed by atoms with E-state index >= 15 is 0 Å². The summed E-state index contributed by atoms with van der Waals surface area (Å²) in [7, 11) is -6.34. The van der Waals surface area contributed by atoms with Gasteiger partial charge in [-0.3, -0.25) is 10.1 Å². The summed E-state index contributed by atoms with van der Waals surface area (Å²) >= 11 is 0. The third kappa shape index (κ3) is 7.68. The van der Waals surface area contributed by atoms with E-state index in [1.165, 1.54) is 0 Å². The summed E-state index contributed by atoms with van der Waals surface area (Å²) in [6, 6.07) is -0.908. The fourth-order valence-corrected chi connectivity index (χ4v) is 6.30. The van der Waals surface area contributed by atoms with Crippen molar-refractivity contribution in [3.05, 3.63) is 0 Å². The highest BCUT2D eigenvalue weighted by atomic mass is 32.2. The molecule has 10 nitrogen and oxygen atoms in total. The summed E-state index contributed by atoms with van der Waals surface area (Å²) in [5.74, 6) is -0.762. The largest absolute Gasteiger partial charge is 0.500 e. The minimum Gasteiger partial charge on any atom is -0.374 e. The van der Waals surface area contributed by atoms with E-state index in [4.69, 9.17) is 13.3 Å². The van der Waals surface area contributed by atoms with Gasteiger partial charge in [-0.05, 0) is 33.6 Å². The molecule has 152 valence electrons. The number of hydrogen-bond donors (Lipinski definition) is 3. The molecule has 0 spiro atoms. The summed E-state index contributed by atoms with van der Waals surface area (Å²) in [4.78, 5) is 22.4. The molecule has 1 fully saturated rings. The number of carbonyl (C=O) groups excluding carboxylic acids is 2. The van der Waals surface area contributed by atoms with E-state index in [1.54, 1.807) is 0 Å². The minimum absolute atomic E-state index is 0.0163. The van der Waals surface area contributed by atoms with Crippen molar-refractivity contribution >= 4 is 30.8 Å². The molecular weight excluding hydrogens is 382 g/mol. The molecule has 1 unspecified atom stereocenters. The van der Waals surface area contributed by atoms with Gasteiger partial charge < -0.3 is 18.6 Å². The second-order valence-electron chi connectivity index (χ2n) is 5.60. The second kappa shape index (κ2) is 10.9. The van der Waals surface area contributed by atoms with Gasteiger partial charge >= 0.3 is 14.8 Å². The predicted molar refractivity (Wildman–Crippen MR) is 96.9 cm³/mol. The van der Waals surface area contributed by atoms with Crippen LogP contribution in [0, 0.1) is 0 Å². The van der Waals surface area contributed by atoms with Crippen LogP contribution >= 0.6 is 0 Å². The second-order valence-corrected chi connectivity index (χ2v) is 10.3. The van der Waals surface area contributed by atoms with Gasteiger partial charge in [-0.25, -0.2) is 17.9 Å². The Morgan fingerprint density at radius 1 is 1.08 bits per heavy atom. The molecule has 26 heavy (non-hydrogen) atoms.